The first-order valence-electron chi connectivity index (χ1n) is 6.57. The van der Waals surface area contributed by atoms with Crippen molar-refractivity contribution in [2.45, 2.75) is 25.3 Å². The molecule has 2 aromatic rings. The van der Waals surface area contributed by atoms with Crippen molar-refractivity contribution in [1.82, 2.24) is 20.0 Å². The van der Waals surface area contributed by atoms with Crippen LogP contribution in [0.1, 0.15) is 11.4 Å². The van der Waals surface area contributed by atoms with Crippen molar-refractivity contribution >= 4 is 15.9 Å². The fourth-order valence-electron chi connectivity index (χ4n) is 1.91. The zero-order valence-electron chi connectivity index (χ0n) is 12.6. The Hall–Kier alpha value is -2.40. The average Bonchev–Trinajstić information content (AvgIpc) is 2.80. The van der Waals surface area contributed by atoms with Gasteiger partial charge >= 0.3 is 0 Å². The zero-order chi connectivity index (χ0) is 18.1. The number of hydrazine groups is 1. The molecule has 2 N–H and O–H groups in total. The van der Waals surface area contributed by atoms with Gasteiger partial charge in [-0.25, -0.2) is 21.6 Å². The molecule has 0 bridgehead atoms. The second-order valence-corrected chi connectivity index (χ2v) is 6.56. The van der Waals surface area contributed by atoms with E-state index in [2.05, 4.69) is 5.10 Å². The van der Waals surface area contributed by atoms with Gasteiger partial charge < -0.3 is 0 Å². The Morgan fingerprint density at radius 3 is 2.46 bits per heavy atom. The van der Waals surface area contributed by atoms with Crippen LogP contribution in [0.15, 0.2) is 23.1 Å². The summed E-state index contributed by atoms with van der Waals surface area (Å²) in [6.45, 7) is 3.13. The predicted octanol–water partition coefficient (Wildman–Crippen LogP) is 0.927. The van der Waals surface area contributed by atoms with E-state index in [1.54, 1.807) is 24.7 Å². The zero-order valence-corrected chi connectivity index (χ0v) is 13.4. The van der Waals surface area contributed by atoms with Gasteiger partial charge in [0.15, 0.2) is 17.5 Å². The van der Waals surface area contributed by atoms with Crippen molar-refractivity contribution in [3.05, 3.63) is 47.0 Å². The molecule has 0 atom stereocenters. The number of nitrogens with one attached hydrogen (secondary N) is 2. The first-order chi connectivity index (χ1) is 11.1. The van der Waals surface area contributed by atoms with E-state index in [1.165, 1.54) is 4.68 Å². The van der Waals surface area contributed by atoms with E-state index in [-0.39, 0.29) is 6.54 Å². The van der Waals surface area contributed by atoms with Crippen molar-refractivity contribution in [3.8, 4) is 0 Å². The van der Waals surface area contributed by atoms with E-state index in [0.29, 0.717) is 23.5 Å². The molecule has 1 heterocycles. The first-order valence-corrected chi connectivity index (χ1v) is 8.05. The molecule has 0 unspecified atom stereocenters. The number of aromatic nitrogens is 2. The number of benzene rings is 1. The molecule has 7 nitrogen and oxygen atoms in total. The van der Waals surface area contributed by atoms with E-state index < -0.39 is 38.3 Å². The third kappa shape index (κ3) is 3.74. The van der Waals surface area contributed by atoms with Crippen LogP contribution in [-0.2, 0) is 21.4 Å². The van der Waals surface area contributed by atoms with Crippen LogP contribution in [0.2, 0.25) is 0 Å². The lowest BCUT2D eigenvalue weighted by Crippen LogP contribution is -2.43. The molecule has 130 valence electrons. The summed E-state index contributed by atoms with van der Waals surface area (Å²) < 4.78 is 64.5. The minimum Gasteiger partial charge on any atom is -0.276 e. The summed E-state index contributed by atoms with van der Waals surface area (Å²) in [5.74, 6) is -6.12. The smallest absolute Gasteiger partial charge is 0.260 e. The third-order valence-electron chi connectivity index (χ3n) is 3.01. The Bertz CT molecular complexity index is 896. The minimum absolute atomic E-state index is 0.289. The molecule has 1 aromatic carbocycles. The van der Waals surface area contributed by atoms with Gasteiger partial charge in [-0.3, -0.25) is 14.9 Å². The number of sulfonamides is 1. The predicted molar refractivity (Wildman–Crippen MR) is 76.5 cm³/mol. The number of amides is 1. The molecular weight excluding hydrogens is 349 g/mol. The summed E-state index contributed by atoms with van der Waals surface area (Å²) in [5.41, 5.74) is 3.20. The first kappa shape index (κ1) is 17.9. The van der Waals surface area contributed by atoms with Crippen molar-refractivity contribution < 1.29 is 26.4 Å². The van der Waals surface area contributed by atoms with Crippen molar-refractivity contribution in [2.75, 3.05) is 0 Å². The van der Waals surface area contributed by atoms with Gasteiger partial charge in [-0.1, -0.05) is 0 Å². The number of carbonyl (C=O) groups excluding carboxylic acids is 1. The van der Waals surface area contributed by atoms with Crippen LogP contribution in [-0.4, -0.2) is 24.1 Å². The number of hydrogen-bond acceptors (Lipinski definition) is 4. The second-order valence-electron chi connectivity index (χ2n) is 4.91. The van der Waals surface area contributed by atoms with Gasteiger partial charge in [0.2, 0.25) is 0 Å². The third-order valence-corrected chi connectivity index (χ3v) is 4.28. The molecule has 0 radical (unpaired) electrons. The number of aryl methyl sites for hydroxylation is 2. The van der Waals surface area contributed by atoms with Crippen LogP contribution in [0, 0.1) is 31.3 Å². The highest BCUT2D eigenvalue weighted by Crippen LogP contribution is 2.19. The van der Waals surface area contributed by atoms with Crippen molar-refractivity contribution in [2.24, 2.45) is 0 Å². The van der Waals surface area contributed by atoms with E-state index in [9.17, 15) is 26.4 Å². The molecule has 0 saturated heterocycles. The fraction of sp³-hybridized carbons (Fsp3) is 0.231. The van der Waals surface area contributed by atoms with Gasteiger partial charge in [0.1, 0.15) is 11.4 Å². The molecule has 2 rings (SSSR count). The Morgan fingerprint density at radius 1 is 1.21 bits per heavy atom. The Labute approximate surface area is 135 Å². The standard InChI is InChI=1S/C13H13F3N4O3S/c1-7-5-8(2)20(18-7)6-11(21)17-19-24(22,23)10-4-3-9(14)12(15)13(10)16/h3-5,19H,6H2,1-2H3,(H,17,21). The molecule has 24 heavy (non-hydrogen) atoms. The largest absolute Gasteiger partial charge is 0.276 e. The van der Waals surface area contributed by atoms with E-state index in [4.69, 9.17) is 0 Å². The van der Waals surface area contributed by atoms with Gasteiger partial charge in [-0.2, -0.15) is 5.10 Å². The summed E-state index contributed by atoms with van der Waals surface area (Å²) in [4.78, 5) is 12.2. The molecule has 0 saturated carbocycles. The van der Waals surface area contributed by atoms with Crippen LogP contribution in [0.3, 0.4) is 0 Å². The maximum Gasteiger partial charge on any atom is 0.260 e. The molecular formula is C13H13F3N4O3S. The number of hydrogen-bond donors (Lipinski definition) is 2. The van der Waals surface area contributed by atoms with Crippen LogP contribution in [0.5, 0.6) is 0 Å². The number of nitrogens with zero attached hydrogens (tertiary/aromatic N) is 2. The fourth-order valence-corrected chi connectivity index (χ4v) is 2.84. The van der Waals surface area contributed by atoms with Crippen LogP contribution < -0.4 is 10.3 Å². The molecule has 0 spiro atoms. The van der Waals surface area contributed by atoms with E-state index in [1.807, 2.05) is 5.43 Å². The quantitative estimate of drug-likeness (QED) is 0.611. The Balaban J connectivity index is 2.09. The SMILES string of the molecule is Cc1cc(C)n(CC(=O)NNS(=O)(=O)c2ccc(F)c(F)c2F)n1. The normalized spacial score (nSPS) is 11.5. The number of rotatable bonds is 5. The summed E-state index contributed by atoms with van der Waals surface area (Å²) in [5, 5.41) is 4.02. The van der Waals surface area contributed by atoms with Gasteiger partial charge in [0, 0.05) is 5.69 Å². The lowest BCUT2D eigenvalue weighted by Gasteiger charge is -2.10. The van der Waals surface area contributed by atoms with Gasteiger partial charge in [0.25, 0.3) is 15.9 Å². The van der Waals surface area contributed by atoms with Crippen LogP contribution in [0.4, 0.5) is 13.2 Å². The van der Waals surface area contributed by atoms with Crippen molar-refractivity contribution in [1.29, 1.82) is 0 Å². The highest BCUT2D eigenvalue weighted by molar-refractivity contribution is 7.89. The van der Waals surface area contributed by atoms with Crippen LogP contribution in [0.25, 0.3) is 0 Å². The lowest BCUT2D eigenvalue weighted by molar-refractivity contribution is -0.122. The molecule has 11 heteroatoms. The summed E-state index contributed by atoms with van der Waals surface area (Å²) >= 11 is 0. The summed E-state index contributed by atoms with van der Waals surface area (Å²) in [6.07, 6.45) is 0. The summed E-state index contributed by atoms with van der Waals surface area (Å²) in [6, 6.07) is 2.72. The number of carbonyl (C=O) groups is 1. The van der Waals surface area contributed by atoms with E-state index >= 15 is 0 Å². The molecule has 0 aliphatic rings. The Kier molecular flexibility index (Phi) is 4.94. The highest BCUT2D eigenvalue weighted by atomic mass is 32.2. The van der Waals surface area contributed by atoms with Gasteiger partial charge in [-0.15, -0.1) is 4.83 Å². The Morgan fingerprint density at radius 2 is 1.88 bits per heavy atom. The average molecular weight is 362 g/mol. The van der Waals surface area contributed by atoms with E-state index in [0.717, 1.165) is 0 Å². The maximum absolute atomic E-state index is 13.5. The minimum atomic E-state index is -4.62. The van der Waals surface area contributed by atoms with Gasteiger partial charge in [0.05, 0.1) is 5.69 Å². The molecule has 0 aliphatic carbocycles. The molecule has 0 fully saturated rings. The van der Waals surface area contributed by atoms with Crippen molar-refractivity contribution in [3.63, 3.8) is 0 Å². The lowest BCUT2D eigenvalue weighted by atomic mass is 10.3. The monoisotopic (exact) mass is 362 g/mol. The highest BCUT2D eigenvalue weighted by Gasteiger charge is 2.24. The molecule has 1 aromatic heterocycles. The number of halogens is 3. The topological polar surface area (TPSA) is 93.1 Å². The summed E-state index contributed by atoms with van der Waals surface area (Å²) in [7, 11) is -4.62. The second kappa shape index (κ2) is 6.61. The molecule has 1 amide bonds. The maximum atomic E-state index is 13.5. The van der Waals surface area contributed by atoms with Crippen LogP contribution >= 0.6 is 0 Å². The molecule has 0 aliphatic heterocycles. The van der Waals surface area contributed by atoms with Gasteiger partial charge in [-0.05, 0) is 32.0 Å².